The van der Waals surface area contributed by atoms with Crippen molar-refractivity contribution in [2.45, 2.75) is 37.4 Å². The molecule has 1 rings (SSSR count). The number of methoxy groups -OCH3 is 1. The number of sulfonamides is 1. The molecule has 0 aromatic heterocycles. The fourth-order valence-corrected chi connectivity index (χ4v) is 4.32. The summed E-state index contributed by atoms with van der Waals surface area (Å²) in [6.45, 7) is 1.58. The molecule has 1 saturated carbocycles. The average Bonchev–Trinajstić information content (AvgIpc) is 2.35. The van der Waals surface area contributed by atoms with Crippen molar-refractivity contribution < 1.29 is 13.2 Å². The molecule has 2 N–H and O–H groups in total. The van der Waals surface area contributed by atoms with E-state index >= 15 is 0 Å². The summed E-state index contributed by atoms with van der Waals surface area (Å²) in [4.78, 5) is 0. The predicted molar refractivity (Wildman–Crippen MR) is 68.3 cm³/mol. The molecule has 0 saturated heterocycles. The number of hydrogen-bond donors (Lipinski definition) is 1. The van der Waals surface area contributed by atoms with Crippen LogP contribution in [0.5, 0.6) is 0 Å². The van der Waals surface area contributed by atoms with Gasteiger partial charge >= 0.3 is 0 Å². The summed E-state index contributed by atoms with van der Waals surface area (Å²) >= 11 is 0. The number of hydrogen-bond acceptors (Lipinski definition) is 4. The molecule has 0 unspecified atom stereocenters. The van der Waals surface area contributed by atoms with E-state index < -0.39 is 10.0 Å². The van der Waals surface area contributed by atoms with E-state index in [0.717, 1.165) is 32.1 Å². The van der Waals surface area contributed by atoms with Gasteiger partial charge in [-0.3, -0.25) is 0 Å². The molecule has 1 aliphatic carbocycles. The zero-order valence-corrected chi connectivity index (χ0v) is 11.4. The van der Waals surface area contributed by atoms with Crippen molar-refractivity contribution >= 4 is 10.0 Å². The molecule has 1 aliphatic rings. The van der Waals surface area contributed by atoms with Gasteiger partial charge in [-0.2, -0.15) is 4.31 Å². The van der Waals surface area contributed by atoms with Gasteiger partial charge in [0, 0.05) is 26.7 Å². The third-order valence-electron chi connectivity index (χ3n) is 3.26. The molecule has 102 valence electrons. The summed E-state index contributed by atoms with van der Waals surface area (Å²) in [7, 11) is -1.61. The smallest absolute Gasteiger partial charge is 0.217 e. The quantitative estimate of drug-likeness (QED) is 0.729. The lowest BCUT2D eigenvalue weighted by atomic mass is 10.0. The summed E-state index contributed by atoms with van der Waals surface area (Å²) < 4.78 is 31.2. The Balaban J connectivity index is 2.67. The fraction of sp³-hybridized carbons (Fsp3) is 1.00. The van der Waals surface area contributed by atoms with Crippen molar-refractivity contribution in [3.05, 3.63) is 0 Å². The molecule has 0 heterocycles. The van der Waals surface area contributed by atoms with Crippen LogP contribution < -0.4 is 5.73 Å². The third kappa shape index (κ3) is 4.21. The van der Waals surface area contributed by atoms with Gasteiger partial charge < -0.3 is 10.5 Å². The van der Waals surface area contributed by atoms with Gasteiger partial charge in [0.15, 0.2) is 0 Å². The first-order valence-corrected chi connectivity index (χ1v) is 7.81. The Hall–Kier alpha value is -0.170. The highest BCUT2D eigenvalue weighted by molar-refractivity contribution is 7.89. The number of ether oxygens (including phenoxy) is 1. The lowest BCUT2D eigenvalue weighted by Gasteiger charge is -2.29. The van der Waals surface area contributed by atoms with Gasteiger partial charge in [-0.15, -0.1) is 0 Å². The van der Waals surface area contributed by atoms with Crippen LogP contribution in [-0.4, -0.2) is 51.3 Å². The van der Waals surface area contributed by atoms with E-state index in [1.165, 1.54) is 4.31 Å². The molecule has 0 atom stereocenters. The lowest BCUT2D eigenvalue weighted by molar-refractivity contribution is 0.179. The minimum absolute atomic E-state index is 0.209. The second-order valence-corrected chi connectivity index (χ2v) is 6.70. The molecule has 0 aromatic carbocycles. The summed E-state index contributed by atoms with van der Waals surface area (Å²) in [6, 6.07) is 0. The molecular weight excluding hydrogens is 240 g/mol. The first-order valence-electron chi connectivity index (χ1n) is 6.31. The van der Waals surface area contributed by atoms with E-state index in [2.05, 4.69) is 0 Å². The molecule has 0 aliphatic heterocycles. The SMILES string of the molecule is COCCN(CCN)S(=O)(=O)C1CCCCC1. The van der Waals surface area contributed by atoms with Crippen LogP contribution in [-0.2, 0) is 14.8 Å². The molecule has 17 heavy (non-hydrogen) atoms. The summed E-state index contributed by atoms with van der Waals surface area (Å²) in [5, 5.41) is -0.209. The third-order valence-corrected chi connectivity index (χ3v) is 5.66. The Bertz CT molecular complexity index is 300. The number of nitrogens with zero attached hydrogens (tertiary/aromatic N) is 1. The summed E-state index contributed by atoms with van der Waals surface area (Å²) in [6.07, 6.45) is 4.77. The first kappa shape index (κ1) is 14.9. The van der Waals surface area contributed by atoms with E-state index in [4.69, 9.17) is 10.5 Å². The summed E-state index contributed by atoms with van der Waals surface area (Å²) in [5.74, 6) is 0. The maximum atomic E-state index is 12.4. The Kier molecular flexibility index (Phi) is 6.40. The Morgan fingerprint density at radius 3 is 2.41 bits per heavy atom. The van der Waals surface area contributed by atoms with Crippen LogP contribution in [0, 0.1) is 0 Å². The normalized spacial score (nSPS) is 18.8. The van der Waals surface area contributed by atoms with E-state index in [1.54, 1.807) is 7.11 Å². The van der Waals surface area contributed by atoms with Gasteiger partial charge in [0.05, 0.1) is 11.9 Å². The molecule has 0 bridgehead atoms. The highest BCUT2D eigenvalue weighted by Crippen LogP contribution is 2.25. The number of rotatable bonds is 7. The Morgan fingerprint density at radius 1 is 1.24 bits per heavy atom. The maximum absolute atomic E-state index is 12.4. The second-order valence-electron chi connectivity index (χ2n) is 4.49. The monoisotopic (exact) mass is 264 g/mol. The molecule has 5 nitrogen and oxygen atoms in total. The molecule has 0 aromatic rings. The van der Waals surface area contributed by atoms with Crippen molar-refractivity contribution in [1.29, 1.82) is 0 Å². The highest BCUT2D eigenvalue weighted by atomic mass is 32.2. The highest BCUT2D eigenvalue weighted by Gasteiger charge is 2.32. The fourth-order valence-electron chi connectivity index (χ4n) is 2.28. The van der Waals surface area contributed by atoms with Crippen LogP contribution in [0.25, 0.3) is 0 Å². The van der Waals surface area contributed by atoms with E-state index in [0.29, 0.717) is 26.2 Å². The van der Waals surface area contributed by atoms with Crippen molar-refractivity contribution in [2.75, 3.05) is 33.4 Å². The van der Waals surface area contributed by atoms with Crippen LogP contribution in [0.2, 0.25) is 0 Å². The zero-order chi connectivity index (χ0) is 12.7. The average molecular weight is 264 g/mol. The van der Waals surface area contributed by atoms with Crippen LogP contribution in [0.1, 0.15) is 32.1 Å². The van der Waals surface area contributed by atoms with Crippen molar-refractivity contribution in [3.63, 3.8) is 0 Å². The standard InChI is InChI=1S/C11H24N2O3S/c1-16-10-9-13(8-7-12)17(14,15)11-5-3-2-4-6-11/h11H,2-10,12H2,1H3. The minimum Gasteiger partial charge on any atom is -0.383 e. The van der Waals surface area contributed by atoms with Crippen LogP contribution in [0.15, 0.2) is 0 Å². The second kappa shape index (κ2) is 7.31. The van der Waals surface area contributed by atoms with Crippen LogP contribution in [0.4, 0.5) is 0 Å². The van der Waals surface area contributed by atoms with Crippen molar-refractivity contribution in [2.24, 2.45) is 5.73 Å². The summed E-state index contributed by atoms with van der Waals surface area (Å²) in [5.41, 5.74) is 5.48. The number of nitrogens with two attached hydrogens (primary N) is 1. The van der Waals surface area contributed by atoms with E-state index in [1.807, 2.05) is 0 Å². The topological polar surface area (TPSA) is 72.6 Å². The maximum Gasteiger partial charge on any atom is 0.217 e. The van der Waals surface area contributed by atoms with Crippen LogP contribution >= 0.6 is 0 Å². The molecule has 6 heteroatoms. The van der Waals surface area contributed by atoms with Crippen molar-refractivity contribution in [3.8, 4) is 0 Å². The van der Waals surface area contributed by atoms with Gasteiger partial charge in [0.25, 0.3) is 0 Å². The largest absolute Gasteiger partial charge is 0.383 e. The van der Waals surface area contributed by atoms with Gasteiger partial charge in [-0.05, 0) is 12.8 Å². The minimum atomic E-state index is -3.19. The van der Waals surface area contributed by atoms with E-state index in [-0.39, 0.29) is 5.25 Å². The predicted octanol–water partition coefficient (Wildman–Crippen LogP) is 0.556. The molecule has 1 fully saturated rings. The first-order chi connectivity index (χ1) is 8.12. The van der Waals surface area contributed by atoms with Gasteiger partial charge in [0.1, 0.15) is 0 Å². The van der Waals surface area contributed by atoms with Crippen molar-refractivity contribution in [1.82, 2.24) is 4.31 Å². The van der Waals surface area contributed by atoms with Gasteiger partial charge in [-0.25, -0.2) is 8.42 Å². The molecule has 0 radical (unpaired) electrons. The zero-order valence-electron chi connectivity index (χ0n) is 10.6. The van der Waals surface area contributed by atoms with E-state index in [9.17, 15) is 8.42 Å². The van der Waals surface area contributed by atoms with Gasteiger partial charge in [-0.1, -0.05) is 19.3 Å². The molecular formula is C11H24N2O3S. The van der Waals surface area contributed by atoms with Crippen LogP contribution in [0.3, 0.4) is 0 Å². The molecule has 0 amide bonds. The molecule has 0 spiro atoms. The lowest BCUT2D eigenvalue weighted by Crippen LogP contribution is -2.43. The Labute approximate surface area is 104 Å². The van der Waals surface area contributed by atoms with Gasteiger partial charge in [0.2, 0.25) is 10.0 Å². The Morgan fingerprint density at radius 2 is 1.88 bits per heavy atom.